The van der Waals surface area contributed by atoms with E-state index >= 15 is 0 Å². The molecule has 1 fully saturated rings. The number of fused-ring (bicyclic) bond motifs is 1. The second-order valence-electron chi connectivity index (χ2n) is 8.13. The van der Waals surface area contributed by atoms with Gasteiger partial charge in [-0.25, -0.2) is 0 Å². The van der Waals surface area contributed by atoms with E-state index in [-0.39, 0.29) is 17.9 Å². The fraction of sp³-hybridized carbons (Fsp3) is 0.500. The van der Waals surface area contributed by atoms with Crippen LogP contribution in [0, 0.1) is 0 Å². The molecule has 1 saturated heterocycles. The van der Waals surface area contributed by atoms with Crippen molar-refractivity contribution in [1.29, 1.82) is 0 Å². The zero-order valence-corrected chi connectivity index (χ0v) is 20.1. The first kappa shape index (κ1) is 23.4. The third-order valence-corrected chi connectivity index (χ3v) is 7.33. The van der Waals surface area contributed by atoms with Gasteiger partial charge >= 0.3 is 0 Å². The Bertz CT molecular complexity index is 1000. The maximum Gasteiger partial charge on any atom is 0.266 e. The highest BCUT2D eigenvalue weighted by Gasteiger charge is 2.29. The predicted octanol–water partition coefficient (Wildman–Crippen LogP) is 3.81. The quantitative estimate of drug-likeness (QED) is 0.604. The van der Waals surface area contributed by atoms with E-state index < -0.39 is 0 Å². The van der Waals surface area contributed by atoms with E-state index in [4.69, 9.17) is 18.9 Å². The summed E-state index contributed by atoms with van der Waals surface area (Å²) in [6, 6.07) is 3.34. The molecule has 2 N–H and O–H groups in total. The van der Waals surface area contributed by atoms with Crippen LogP contribution in [0.1, 0.15) is 56.2 Å². The number of ether oxygens (including phenoxy) is 4. The lowest BCUT2D eigenvalue weighted by Gasteiger charge is -2.16. The van der Waals surface area contributed by atoms with Crippen LogP contribution >= 0.6 is 11.3 Å². The number of methoxy groups -OCH3 is 3. The van der Waals surface area contributed by atoms with E-state index in [1.54, 1.807) is 12.1 Å². The normalized spacial score (nSPS) is 17.2. The van der Waals surface area contributed by atoms with Gasteiger partial charge < -0.3 is 29.6 Å². The average Bonchev–Trinajstić information content (AvgIpc) is 3.49. The summed E-state index contributed by atoms with van der Waals surface area (Å²) in [5.74, 6) is 0.781. The van der Waals surface area contributed by atoms with Crippen molar-refractivity contribution in [3.63, 3.8) is 0 Å². The minimum absolute atomic E-state index is 0.0416. The van der Waals surface area contributed by atoms with Crippen LogP contribution in [0.2, 0.25) is 0 Å². The topological polar surface area (TPSA) is 95.1 Å². The van der Waals surface area contributed by atoms with Crippen molar-refractivity contribution >= 4 is 28.8 Å². The van der Waals surface area contributed by atoms with Gasteiger partial charge in [-0.15, -0.1) is 11.3 Å². The monoisotopic (exact) mass is 474 g/mol. The lowest BCUT2D eigenvalue weighted by atomic mass is 9.94. The summed E-state index contributed by atoms with van der Waals surface area (Å²) in [5, 5.41) is 5.91. The molecule has 33 heavy (non-hydrogen) atoms. The number of thiophene rings is 1. The van der Waals surface area contributed by atoms with Gasteiger partial charge in [-0.3, -0.25) is 9.59 Å². The molecule has 2 amide bonds. The van der Waals surface area contributed by atoms with Crippen LogP contribution in [-0.4, -0.2) is 52.4 Å². The number of benzene rings is 1. The fourth-order valence-electron chi connectivity index (χ4n) is 4.41. The van der Waals surface area contributed by atoms with Gasteiger partial charge in [-0.1, -0.05) is 0 Å². The van der Waals surface area contributed by atoms with Gasteiger partial charge in [0.2, 0.25) is 5.75 Å². The van der Waals surface area contributed by atoms with Gasteiger partial charge in [-0.2, -0.15) is 0 Å². The lowest BCUT2D eigenvalue weighted by Crippen LogP contribution is -2.33. The van der Waals surface area contributed by atoms with Crippen LogP contribution in [0.25, 0.3) is 0 Å². The predicted molar refractivity (Wildman–Crippen MR) is 126 cm³/mol. The molecule has 1 aliphatic carbocycles. The SMILES string of the molecule is COc1cc(NC(=O)c2sc3c(c2C(=O)NC[C@H]2CCCO2)CCCC3)cc(OC)c1OC. The maximum absolute atomic E-state index is 13.4. The number of carbonyl (C=O) groups is 2. The van der Waals surface area contributed by atoms with Gasteiger partial charge in [0, 0.05) is 35.8 Å². The number of anilines is 1. The van der Waals surface area contributed by atoms with Crippen LogP contribution in [0.15, 0.2) is 12.1 Å². The molecule has 8 nitrogen and oxygen atoms in total. The molecule has 1 aromatic carbocycles. The Kier molecular flexibility index (Phi) is 7.39. The van der Waals surface area contributed by atoms with Crippen molar-refractivity contribution < 1.29 is 28.5 Å². The van der Waals surface area contributed by atoms with Crippen LogP contribution < -0.4 is 24.8 Å². The fourth-order valence-corrected chi connectivity index (χ4v) is 5.69. The summed E-state index contributed by atoms with van der Waals surface area (Å²) < 4.78 is 21.8. The smallest absolute Gasteiger partial charge is 0.266 e. The van der Waals surface area contributed by atoms with Crippen molar-refractivity contribution in [3.05, 3.63) is 33.0 Å². The molecule has 2 aliphatic rings. The summed E-state index contributed by atoms with van der Waals surface area (Å²) >= 11 is 1.41. The highest BCUT2D eigenvalue weighted by Crippen LogP contribution is 2.40. The first-order chi connectivity index (χ1) is 16.0. The minimum Gasteiger partial charge on any atom is -0.493 e. The molecule has 0 saturated carbocycles. The number of amides is 2. The van der Waals surface area contributed by atoms with Crippen LogP contribution in [-0.2, 0) is 17.6 Å². The standard InChI is InChI=1S/C24H30N2O6S/c1-29-17-11-14(12-18(30-2)21(17)31-3)26-24(28)22-20(16-8-4-5-9-19(16)33-22)23(27)25-13-15-7-6-10-32-15/h11-12,15H,4-10,13H2,1-3H3,(H,25,27)(H,26,28)/t15-/m1/s1. The molecule has 2 aromatic rings. The Hall–Kier alpha value is -2.78. The summed E-state index contributed by atoms with van der Waals surface area (Å²) in [6.45, 7) is 1.19. The molecule has 1 atom stereocenters. The summed E-state index contributed by atoms with van der Waals surface area (Å²) in [6.07, 6.45) is 5.78. The molecule has 1 aromatic heterocycles. The molecular formula is C24H30N2O6S. The minimum atomic E-state index is -0.328. The van der Waals surface area contributed by atoms with Crippen molar-refractivity contribution in [1.82, 2.24) is 5.32 Å². The highest BCUT2D eigenvalue weighted by atomic mass is 32.1. The second kappa shape index (κ2) is 10.4. The number of hydrogen-bond donors (Lipinski definition) is 2. The zero-order chi connectivity index (χ0) is 23.4. The van der Waals surface area contributed by atoms with Crippen molar-refractivity contribution in [2.24, 2.45) is 0 Å². The Morgan fingerprint density at radius 3 is 2.39 bits per heavy atom. The van der Waals surface area contributed by atoms with E-state index in [2.05, 4.69) is 10.6 Å². The average molecular weight is 475 g/mol. The van der Waals surface area contributed by atoms with E-state index in [0.717, 1.165) is 55.6 Å². The molecule has 0 unspecified atom stereocenters. The Labute approximate surface area is 197 Å². The molecule has 2 heterocycles. The number of rotatable bonds is 8. The molecule has 178 valence electrons. The molecule has 9 heteroatoms. The first-order valence-electron chi connectivity index (χ1n) is 11.2. The lowest BCUT2D eigenvalue weighted by molar-refractivity contribution is 0.0853. The van der Waals surface area contributed by atoms with E-state index in [0.29, 0.717) is 39.9 Å². The third kappa shape index (κ3) is 4.94. The van der Waals surface area contributed by atoms with Gasteiger partial charge in [0.25, 0.3) is 11.8 Å². The molecule has 0 bridgehead atoms. The van der Waals surface area contributed by atoms with Crippen LogP contribution in [0.3, 0.4) is 0 Å². The zero-order valence-electron chi connectivity index (χ0n) is 19.2. The Balaban J connectivity index is 1.61. The van der Waals surface area contributed by atoms with Gasteiger partial charge in [0.1, 0.15) is 4.88 Å². The molecule has 1 aliphatic heterocycles. The maximum atomic E-state index is 13.4. The first-order valence-corrected chi connectivity index (χ1v) is 12.0. The van der Waals surface area contributed by atoms with Crippen molar-refractivity contribution in [3.8, 4) is 17.2 Å². The van der Waals surface area contributed by atoms with Gasteiger partial charge in [0.15, 0.2) is 11.5 Å². The highest BCUT2D eigenvalue weighted by molar-refractivity contribution is 7.14. The van der Waals surface area contributed by atoms with Gasteiger partial charge in [0.05, 0.1) is 33.0 Å². The number of carbonyl (C=O) groups excluding carboxylic acids is 2. The van der Waals surface area contributed by atoms with Crippen molar-refractivity contribution in [2.75, 3.05) is 39.8 Å². The molecule has 4 rings (SSSR count). The summed E-state index contributed by atoms with van der Waals surface area (Å²) in [5.41, 5.74) is 2.00. The summed E-state index contributed by atoms with van der Waals surface area (Å²) in [4.78, 5) is 28.1. The van der Waals surface area contributed by atoms with Crippen LogP contribution in [0.5, 0.6) is 17.2 Å². The van der Waals surface area contributed by atoms with E-state index in [1.807, 2.05) is 0 Å². The van der Waals surface area contributed by atoms with Crippen LogP contribution in [0.4, 0.5) is 5.69 Å². The Morgan fingerprint density at radius 2 is 1.76 bits per heavy atom. The molecule has 0 radical (unpaired) electrons. The second-order valence-corrected chi connectivity index (χ2v) is 9.23. The largest absolute Gasteiger partial charge is 0.493 e. The number of aryl methyl sites for hydroxylation is 1. The number of hydrogen-bond acceptors (Lipinski definition) is 7. The molecular weight excluding hydrogens is 444 g/mol. The van der Waals surface area contributed by atoms with Crippen molar-refractivity contribution in [2.45, 2.75) is 44.6 Å². The van der Waals surface area contributed by atoms with E-state index in [9.17, 15) is 9.59 Å². The Morgan fingerprint density at radius 1 is 1.03 bits per heavy atom. The number of nitrogens with one attached hydrogen (secondary N) is 2. The van der Waals surface area contributed by atoms with E-state index in [1.165, 1.54) is 32.7 Å². The third-order valence-electron chi connectivity index (χ3n) is 6.04. The van der Waals surface area contributed by atoms with Gasteiger partial charge in [-0.05, 0) is 44.1 Å². The summed E-state index contributed by atoms with van der Waals surface area (Å²) in [7, 11) is 4.57. The molecule has 0 spiro atoms.